The van der Waals surface area contributed by atoms with Crippen LogP contribution in [0, 0.1) is 5.82 Å². The first-order valence-corrected chi connectivity index (χ1v) is 7.69. The van der Waals surface area contributed by atoms with Crippen molar-refractivity contribution in [2.45, 2.75) is 0 Å². The Labute approximate surface area is 150 Å². The molecule has 1 aromatic carbocycles. The number of carbonyl (C=O) groups is 1. The third kappa shape index (κ3) is 4.35. The zero-order valence-electron chi connectivity index (χ0n) is 12.8. The molecular weight excluding hydrogens is 354 g/mol. The predicted octanol–water partition coefficient (Wildman–Crippen LogP) is 2.96. The maximum absolute atomic E-state index is 13.4. The largest absolute Gasteiger partial charge is 0.368 e. The molecule has 2 heterocycles. The maximum atomic E-state index is 13.4. The lowest BCUT2D eigenvalue weighted by atomic mass is 10.2. The highest BCUT2D eigenvalue weighted by Crippen LogP contribution is 2.18. The van der Waals surface area contributed by atoms with E-state index >= 15 is 0 Å². The van der Waals surface area contributed by atoms with Gasteiger partial charge in [-0.15, -0.1) is 12.4 Å². The van der Waals surface area contributed by atoms with E-state index in [1.807, 2.05) is 6.07 Å². The summed E-state index contributed by atoms with van der Waals surface area (Å²) < 4.78 is 13.4. The lowest BCUT2D eigenvalue weighted by Gasteiger charge is -2.29. The average molecular weight is 371 g/mol. The van der Waals surface area contributed by atoms with Crippen molar-refractivity contribution in [3.63, 3.8) is 0 Å². The number of nitrogens with zero attached hydrogens (tertiary/aromatic N) is 2. The van der Waals surface area contributed by atoms with Gasteiger partial charge in [0.2, 0.25) is 0 Å². The van der Waals surface area contributed by atoms with Crippen LogP contribution in [0.1, 0.15) is 10.4 Å². The van der Waals surface area contributed by atoms with Crippen LogP contribution in [-0.2, 0) is 0 Å². The molecule has 0 unspecified atom stereocenters. The summed E-state index contributed by atoms with van der Waals surface area (Å²) in [6.45, 7) is 3.75. The zero-order valence-corrected chi connectivity index (χ0v) is 14.3. The van der Waals surface area contributed by atoms with E-state index in [4.69, 9.17) is 11.6 Å². The van der Waals surface area contributed by atoms with Gasteiger partial charge in [0.05, 0.1) is 16.9 Å². The van der Waals surface area contributed by atoms with Gasteiger partial charge in [-0.1, -0.05) is 11.6 Å². The van der Waals surface area contributed by atoms with Crippen LogP contribution in [0.2, 0.25) is 5.02 Å². The van der Waals surface area contributed by atoms with Gasteiger partial charge in [0.25, 0.3) is 5.91 Å². The first kappa shape index (κ1) is 18.4. The van der Waals surface area contributed by atoms with Crippen molar-refractivity contribution in [1.29, 1.82) is 0 Å². The Hall–Kier alpha value is -1.89. The fourth-order valence-electron chi connectivity index (χ4n) is 2.40. The second-order valence-electron chi connectivity index (χ2n) is 5.22. The number of benzene rings is 1. The van der Waals surface area contributed by atoms with E-state index in [2.05, 4.69) is 20.5 Å². The number of nitrogens with one attached hydrogen (secondary N) is 2. The minimum Gasteiger partial charge on any atom is -0.368 e. The number of hydrogen-bond acceptors (Lipinski definition) is 4. The van der Waals surface area contributed by atoms with Crippen LogP contribution in [0.5, 0.6) is 0 Å². The molecule has 1 fully saturated rings. The fourth-order valence-corrected chi connectivity index (χ4v) is 2.51. The summed E-state index contributed by atoms with van der Waals surface area (Å²) in [4.78, 5) is 18.6. The van der Waals surface area contributed by atoms with Crippen LogP contribution in [0.15, 0.2) is 36.5 Å². The first-order valence-electron chi connectivity index (χ1n) is 7.31. The molecule has 128 valence electrons. The number of anilines is 2. The number of aromatic nitrogens is 1. The Morgan fingerprint density at radius 2 is 2.00 bits per heavy atom. The molecule has 2 N–H and O–H groups in total. The van der Waals surface area contributed by atoms with Crippen LogP contribution in [-0.4, -0.2) is 37.1 Å². The van der Waals surface area contributed by atoms with E-state index < -0.39 is 11.7 Å². The van der Waals surface area contributed by atoms with E-state index in [0.29, 0.717) is 5.82 Å². The number of carbonyl (C=O) groups excluding carboxylic acids is 1. The van der Waals surface area contributed by atoms with E-state index in [1.54, 1.807) is 12.3 Å². The second kappa shape index (κ2) is 8.28. The third-order valence-electron chi connectivity index (χ3n) is 3.65. The van der Waals surface area contributed by atoms with Crippen molar-refractivity contribution >= 4 is 41.4 Å². The van der Waals surface area contributed by atoms with E-state index in [9.17, 15) is 9.18 Å². The molecule has 1 saturated heterocycles. The summed E-state index contributed by atoms with van der Waals surface area (Å²) in [6.07, 6.45) is 1.73. The molecule has 24 heavy (non-hydrogen) atoms. The maximum Gasteiger partial charge on any atom is 0.256 e. The summed E-state index contributed by atoms with van der Waals surface area (Å²) in [5.41, 5.74) is 1.21. The van der Waals surface area contributed by atoms with Crippen LogP contribution in [0.4, 0.5) is 15.9 Å². The molecular formula is C16H17Cl2FN4O. The predicted molar refractivity (Wildman–Crippen MR) is 95.9 cm³/mol. The lowest BCUT2D eigenvalue weighted by molar-refractivity contribution is 0.102. The van der Waals surface area contributed by atoms with Gasteiger partial charge in [-0.2, -0.15) is 0 Å². The van der Waals surface area contributed by atoms with E-state index in [1.165, 1.54) is 12.1 Å². The van der Waals surface area contributed by atoms with Crippen molar-refractivity contribution in [1.82, 2.24) is 10.3 Å². The lowest BCUT2D eigenvalue weighted by Crippen LogP contribution is -2.43. The standard InChI is InChI=1S/C16H16ClFN4O.ClH/c17-13-3-1-11(9-14(13)18)16(23)21-15-4-2-12(10-20-15)22-7-5-19-6-8-22;/h1-4,9-10,19H,5-8H2,(H,20,21,23);1H. The monoisotopic (exact) mass is 370 g/mol. The highest BCUT2D eigenvalue weighted by atomic mass is 35.5. The SMILES string of the molecule is Cl.O=C(Nc1ccc(N2CCNCC2)cn1)c1ccc(Cl)c(F)c1. The average Bonchev–Trinajstić information content (AvgIpc) is 2.59. The highest BCUT2D eigenvalue weighted by Gasteiger charge is 2.12. The zero-order chi connectivity index (χ0) is 16.2. The van der Waals surface area contributed by atoms with Crippen molar-refractivity contribution in [2.75, 3.05) is 36.4 Å². The smallest absolute Gasteiger partial charge is 0.256 e. The Balaban J connectivity index is 0.00000208. The molecule has 3 rings (SSSR count). The highest BCUT2D eigenvalue weighted by molar-refractivity contribution is 6.30. The van der Waals surface area contributed by atoms with Gasteiger partial charge in [-0.05, 0) is 30.3 Å². The quantitative estimate of drug-likeness (QED) is 0.871. The van der Waals surface area contributed by atoms with Crippen molar-refractivity contribution in [3.8, 4) is 0 Å². The topological polar surface area (TPSA) is 57.3 Å². The molecule has 1 aromatic heterocycles. The Bertz CT molecular complexity index is 706. The molecule has 0 spiro atoms. The summed E-state index contributed by atoms with van der Waals surface area (Å²) >= 11 is 5.61. The van der Waals surface area contributed by atoms with Crippen LogP contribution in [0.25, 0.3) is 0 Å². The number of halogens is 3. The molecule has 1 aliphatic rings. The summed E-state index contributed by atoms with van der Waals surface area (Å²) in [5.74, 6) is -0.631. The molecule has 0 bridgehead atoms. The van der Waals surface area contributed by atoms with Gasteiger partial charge in [-0.25, -0.2) is 9.37 Å². The second-order valence-corrected chi connectivity index (χ2v) is 5.63. The van der Waals surface area contributed by atoms with Gasteiger partial charge < -0.3 is 15.5 Å². The summed E-state index contributed by atoms with van der Waals surface area (Å²) in [6, 6.07) is 7.58. The van der Waals surface area contributed by atoms with Crippen LogP contribution >= 0.6 is 24.0 Å². The number of rotatable bonds is 3. The Morgan fingerprint density at radius 1 is 1.25 bits per heavy atom. The molecule has 1 amide bonds. The number of hydrogen-bond donors (Lipinski definition) is 2. The van der Waals surface area contributed by atoms with E-state index in [0.717, 1.165) is 37.9 Å². The fraction of sp³-hybridized carbons (Fsp3) is 0.250. The molecule has 8 heteroatoms. The van der Waals surface area contributed by atoms with Gasteiger partial charge in [0.1, 0.15) is 11.6 Å². The van der Waals surface area contributed by atoms with E-state index in [-0.39, 0.29) is 23.0 Å². The molecule has 0 radical (unpaired) electrons. The van der Waals surface area contributed by atoms with Crippen molar-refractivity contribution in [2.24, 2.45) is 0 Å². The minimum atomic E-state index is -0.624. The van der Waals surface area contributed by atoms with Gasteiger partial charge in [0, 0.05) is 31.7 Å². The minimum absolute atomic E-state index is 0. The number of pyridine rings is 1. The third-order valence-corrected chi connectivity index (χ3v) is 3.96. The summed E-state index contributed by atoms with van der Waals surface area (Å²) in [7, 11) is 0. The molecule has 0 saturated carbocycles. The van der Waals surface area contributed by atoms with Gasteiger partial charge in [-0.3, -0.25) is 4.79 Å². The molecule has 5 nitrogen and oxygen atoms in total. The molecule has 1 aliphatic heterocycles. The summed E-state index contributed by atoms with van der Waals surface area (Å²) in [5, 5.41) is 5.92. The Morgan fingerprint density at radius 3 is 2.62 bits per heavy atom. The normalized spacial score (nSPS) is 14.0. The number of amides is 1. The van der Waals surface area contributed by atoms with Crippen LogP contribution in [0.3, 0.4) is 0 Å². The van der Waals surface area contributed by atoms with Gasteiger partial charge >= 0.3 is 0 Å². The van der Waals surface area contributed by atoms with Gasteiger partial charge in [0.15, 0.2) is 0 Å². The van der Waals surface area contributed by atoms with Crippen LogP contribution < -0.4 is 15.5 Å². The first-order chi connectivity index (χ1) is 11.1. The Kier molecular flexibility index (Phi) is 6.36. The molecule has 0 aliphatic carbocycles. The number of piperazine rings is 1. The van der Waals surface area contributed by atoms with Crippen molar-refractivity contribution < 1.29 is 9.18 Å². The molecule has 0 atom stereocenters. The molecule has 2 aromatic rings. The van der Waals surface area contributed by atoms with Crippen molar-refractivity contribution in [3.05, 3.63) is 52.9 Å².